The van der Waals surface area contributed by atoms with Crippen LogP contribution >= 0.6 is 0 Å². The lowest BCUT2D eigenvalue weighted by atomic mass is 10.2. The Bertz CT molecular complexity index is 616. The summed E-state index contributed by atoms with van der Waals surface area (Å²) >= 11 is 0. The maximum Gasteiger partial charge on any atom is 0.302 e. The van der Waals surface area contributed by atoms with E-state index in [1.165, 1.54) is 0 Å². The molecule has 1 aromatic heterocycles. The molecule has 19 heavy (non-hydrogen) atoms. The number of aromatic nitrogens is 1. The minimum absolute atomic E-state index is 0.0856. The Morgan fingerprint density at radius 1 is 1.42 bits per heavy atom. The molecule has 1 atom stereocenters. The van der Waals surface area contributed by atoms with E-state index in [1.807, 2.05) is 18.2 Å². The van der Waals surface area contributed by atoms with Crippen LogP contribution in [0.15, 0.2) is 33.7 Å². The van der Waals surface area contributed by atoms with Crippen molar-refractivity contribution in [2.45, 2.75) is 12.5 Å². The fraction of sp³-hybridized carbons (Fsp3) is 0.250. The number of guanidine groups is 1. The number of rotatable bonds is 3. The Labute approximate surface area is 108 Å². The predicted octanol–water partition coefficient (Wildman–Crippen LogP) is 0.476. The summed E-state index contributed by atoms with van der Waals surface area (Å²) in [5.41, 5.74) is 1.38. The second-order valence-corrected chi connectivity index (χ2v) is 4.11. The van der Waals surface area contributed by atoms with Gasteiger partial charge in [-0.1, -0.05) is 12.1 Å². The molecule has 7 heteroatoms. The molecule has 0 fully saturated rings. The number of hydrogen-bond acceptors (Lipinski definition) is 6. The fourth-order valence-electron chi connectivity index (χ4n) is 1.86. The zero-order chi connectivity index (χ0) is 13.2. The smallest absolute Gasteiger partial charge is 0.302 e. The molecule has 0 spiro atoms. The topological polar surface area (TPSA) is 99.8 Å². The molecule has 0 radical (unpaired) electrons. The van der Waals surface area contributed by atoms with Gasteiger partial charge >= 0.3 is 6.01 Å². The second-order valence-electron chi connectivity index (χ2n) is 4.11. The number of benzene rings is 1. The first kappa shape index (κ1) is 11.7. The van der Waals surface area contributed by atoms with Crippen molar-refractivity contribution in [1.82, 2.24) is 10.3 Å². The molecule has 1 aromatic carbocycles. The van der Waals surface area contributed by atoms with Crippen molar-refractivity contribution in [3.8, 4) is 0 Å². The summed E-state index contributed by atoms with van der Waals surface area (Å²) in [5.74, 6) is 0.0441. The van der Waals surface area contributed by atoms with Crippen LogP contribution in [0, 0.1) is 0 Å². The maximum absolute atomic E-state index is 11.5. The number of carbonyl (C=O) groups excluding carboxylic acids is 1. The quantitative estimate of drug-likeness (QED) is 0.745. The average molecular weight is 260 g/mol. The Hall–Kier alpha value is -2.41. The van der Waals surface area contributed by atoms with Gasteiger partial charge in [0.1, 0.15) is 11.6 Å². The van der Waals surface area contributed by atoms with Gasteiger partial charge in [0.05, 0.1) is 0 Å². The molecule has 0 aliphatic carbocycles. The van der Waals surface area contributed by atoms with Crippen LogP contribution < -0.4 is 10.6 Å². The van der Waals surface area contributed by atoms with Crippen molar-refractivity contribution >= 4 is 29.0 Å². The van der Waals surface area contributed by atoms with Gasteiger partial charge < -0.3 is 9.52 Å². The first-order valence-corrected chi connectivity index (χ1v) is 5.88. The van der Waals surface area contributed by atoms with Gasteiger partial charge in [0.2, 0.25) is 5.96 Å². The van der Waals surface area contributed by atoms with E-state index >= 15 is 0 Å². The van der Waals surface area contributed by atoms with Crippen molar-refractivity contribution in [3.05, 3.63) is 24.3 Å². The summed E-state index contributed by atoms with van der Waals surface area (Å²) in [7, 11) is 0. The normalized spacial score (nSPS) is 18.5. The summed E-state index contributed by atoms with van der Waals surface area (Å²) in [6.07, 6.45) is 0.296. The molecule has 1 aliphatic heterocycles. The van der Waals surface area contributed by atoms with Gasteiger partial charge in [0.15, 0.2) is 5.58 Å². The highest BCUT2D eigenvalue weighted by atomic mass is 16.4. The SMILES string of the molecule is O=C1NC(Nc2nc3ccccc3o2)=NC1CCO. The summed E-state index contributed by atoms with van der Waals surface area (Å²) < 4.78 is 5.46. The number of nitrogens with one attached hydrogen (secondary N) is 2. The van der Waals surface area contributed by atoms with Gasteiger partial charge in [-0.15, -0.1) is 0 Å². The number of para-hydroxylation sites is 2. The number of carbonyl (C=O) groups is 1. The number of anilines is 1. The van der Waals surface area contributed by atoms with Crippen LogP contribution in [0.4, 0.5) is 6.01 Å². The Balaban J connectivity index is 1.78. The number of hydrogen-bond donors (Lipinski definition) is 3. The highest BCUT2D eigenvalue weighted by Crippen LogP contribution is 2.18. The van der Waals surface area contributed by atoms with E-state index in [-0.39, 0.29) is 24.5 Å². The molecule has 0 bridgehead atoms. The number of oxazole rings is 1. The molecule has 3 rings (SSSR count). The summed E-state index contributed by atoms with van der Waals surface area (Å²) in [5, 5.41) is 14.2. The summed E-state index contributed by atoms with van der Waals surface area (Å²) in [6, 6.07) is 7.05. The van der Waals surface area contributed by atoms with Crippen LogP contribution in [0.1, 0.15) is 6.42 Å². The lowest BCUT2D eigenvalue weighted by Crippen LogP contribution is -2.32. The first-order valence-electron chi connectivity index (χ1n) is 5.88. The molecular weight excluding hydrogens is 248 g/mol. The lowest BCUT2D eigenvalue weighted by Gasteiger charge is -1.99. The van der Waals surface area contributed by atoms with Crippen LogP contribution in [0.25, 0.3) is 11.1 Å². The molecule has 2 aromatic rings. The zero-order valence-corrected chi connectivity index (χ0v) is 9.96. The van der Waals surface area contributed by atoms with Crippen LogP contribution in [0.5, 0.6) is 0 Å². The monoisotopic (exact) mass is 260 g/mol. The predicted molar refractivity (Wildman–Crippen MR) is 68.7 cm³/mol. The van der Waals surface area contributed by atoms with Crippen molar-refractivity contribution in [3.63, 3.8) is 0 Å². The Morgan fingerprint density at radius 3 is 3.05 bits per heavy atom. The van der Waals surface area contributed by atoms with E-state index in [0.29, 0.717) is 12.0 Å². The molecule has 2 heterocycles. The largest absolute Gasteiger partial charge is 0.423 e. The van der Waals surface area contributed by atoms with E-state index in [0.717, 1.165) is 5.52 Å². The minimum Gasteiger partial charge on any atom is -0.423 e. The maximum atomic E-state index is 11.5. The van der Waals surface area contributed by atoms with Crippen LogP contribution in [-0.4, -0.2) is 34.6 Å². The third-order valence-corrected chi connectivity index (χ3v) is 2.75. The number of aliphatic hydroxyl groups is 1. The van der Waals surface area contributed by atoms with Crippen molar-refractivity contribution < 1.29 is 14.3 Å². The van der Waals surface area contributed by atoms with E-state index in [1.54, 1.807) is 6.07 Å². The average Bonchev–Trinajstić information content (AvgIpc) is 2.94. The van der Waals surface area contributed by atoms with Crippen molar-refractivity contribution in [2.75, 3.05) is 11.9 Å². The van der Waals surface area contributed by atoms with Gasteiger partial charge in [0, 0.05) is 13.0 Å². The van der Waals surface area contributed by atoms with E-state index in [4.69, 9.17) is 9.52 Å². The van der Waals surface area contributed by atoms with Crippen LogP contribution in [0.2, 0.25) is 0 Å². The van der Waals surface area contributed by atoms with Crippen molar-refractivity contribution in [2.24, 2.45) is 4.99 Å². The standard InChI is InChI=1S/C12H12N4O3/c17-6-5-8-10(18)15-11(13-8)16-12-14-7-3-1-2-4-9(7)19-12/h1-4,8,17H,5-6H2,(H2,13,14,15,16,18). The van der Waals surface area contributed by atoms with Gasteiger partial charge in [-0.25, -0.2) is 4.99 Å². The fourth-order valence-corrected chi connectivity index (χ4v) is 1.86. The molecule has 1 aliphatic rings. The molecular formula is C12H12N4O3. The van der Waals surface area contributed by atoms with Gasteiger partial charge in [-0.3, -0.25) is 15.4 Å². The van der Waals surface area contributed by atoms with Crippen LogP contribution in [-0.2, 0) is 4.79 Å². The Kier molecular flexibility index (Phi) is 2.88. The lowest BCUT2D eigenvalue weighted by molar-refractivity contribution is -0.120. The number of nitrogens with zero attached hydrogens (tertiary/aromatic N) is 2. The molecule has 3 N–H and O–H groups in total. The Morgan fingerprint density at radius 2 is 2.26 bits per heavy atom. The highest BCUT2D eigenvalue weighted by Gasteiger charge is 2.26. The molecule has 1 unspecified atom stereocenters. The third kappa shape index (κ3) is 2.27. The first-order chi connectivity index (χ1) is 9.26. The molecule has 1 amide bonds. The summed E-state index contributed by atoms with van der Waals surface area (Å²) in [6.45, 7) is -0.0856. The molecule has 0 saturated heterocycles. The number of fused-ring (bicyclic) bond motifs is 1. The second kappa shape index (κ2) is 4.69. The number of aliphatic hydroxyl groups excluding tert-OH is 1. The van der Waals surface area contributed by atoms with Gasteiger partial charge in [-0.05, 0) is 12.1 Å². The van der Waals surface area contributed by atoms with Gasteiger partial charge in [0.25, 0.3) is 5.91 Å². The molecule has 7 nitrogen and oxygen atoms in total. The molecule has 98 valence electrons. The third-order valence-electron chi connectivity index (χ3n) is 2.75. The highest BCUT2D eigenvalue weighted by molar-refractivity contribution is 6.09. The van der Waals surface area contributed by atoms with E-state index in [2.05, 4.69) is 20.6 Å². The van der Waals surface area contributed by atoms with Crippen LogP contribution in [0.3, 0.4) is 0 Å². The van der Waals surface area contributed by atoms with Gasteiger partial charge in [-0.2, -0.15) is 4.98 Å². The van der Waals surface area contributed by atoms with Crippen molar-refractivity contribution in [1.29, 1.82) is 0 Å². The number of aliphatic imine (C=N–C) groups is 1. The number of amides is 1. The molecule has 0 saturated carbocycles. The van der Waals surface area contributed by atoms with E-state index in [9.17, 15) is 4.79 Å². The minimum atomic E-state index is -0.558. The van der Waals surface area contributed by atoms with E-state index < -0.39 is 6.04 Å². The summed E-state index contributed by atoms with van der Waals surface area (Å²) in [4.78, 5) is 19.8. The zero-order valence-electron chi connectivity index (χ0n) is 9.96.